The molecule has 13 heavy (non-hydrogen) atoms. The van der Waals surface area contributed by atoms with Crippen LogP contribution < -0.4 is 0 Å². The predicted molar refractivity (Wildman–Crippen MR) is 51.4 cm³/mol. The van der Waals surface area contributed by atoms with Crippen LogP contribution in [0.25, 0.3) is 11.1 Å². The Balaban J connectivity index is 2.76. The van der Waals surface area contributed by atoms with Gasteiger partial charge < -0.3 is 4.42 Å². The Hall–Kier alpha value is -1.34. The van der Waals surface area contributed by atoms with Crippen molar-refractivity contribution < 1.29 is 4.42 Å². The number of fused-ring (bicyclic) bond motifs is 1. The lowest BCUT2D eigenvalue weighted by Gasteiger charge is -1.93. The molecule has 0 saturated heterocycles. The van der Waals surface area contributed by atoms with Crippen LogP contribution in [0.4, 0.5) is 0 Å². The van der Waals surface area contributed by atoms with Crippen molar-refractivity contribution in [3.8, 4) is 6.07 Å². The van der Waals surface area contributed by atoms with Crippen LogP contribution >= 0.6 is 15.9 Å². The molecular formula is C9H5BrN2O. The Labute approximate surface area is 83.1 Å². The molecule has 1 heterocycles. The smallest absolute Gasteiger partial charge is 0.301 e. The van der Waals surface area contributed by atoms with Crippen molar-refractivity contribution in [3.63, 3.8) is 0 Å². The lowest BCUT2D eigenvalue weighted by Crippen LogP contribution is -1.76. The first kappa shape index (κ1) is 8.27. The van der Waals surface area contributed by atoms with Crippen LogP contribution in [0.1, 0.15) is 11.5 Å². The largest absolute Gasteiger partial charge is 0.428 e. The Kier molecular flexibility index (Phi) is 2.03. The minimum Gasteiger partial charge on any atom is -0.428 e. The van der Waals surface area contributed by atoms with E-state index in [2.05, 4.69) is 20.9 Å². The van der Waals surface area contributed by atoms with Gasteiger partial charge in [-0.15, -0.1) is 0 Å². The summed E-state index contributed by atoms with van der Waals surface area (Å²) >= 11 is 3.34. The van der Waals surface area contributed by atoms with E-state index in [1.807, 2.05) is 24.3 Å². The molecule has 0 unspecified atom stereocenters. The summed E-state index contributed by atoms with van der Waals surface area (Å²) < 4.78 is 5.24. The second kappa shape index (κ2) is 3.19. The zero-order chi connectivity index (χ0) is 9.26. The number of nitriles is 1. The number of hydrogen-bond donors (Lipinski definition) is 0. The van der Waals surface area contributed by atoms with Crippen molar-refractivity contribution >= 4 is 27.0 Å². The van der Waals surface area contributed by atoms with Crippen LogP contribution in [-0.4, -0.2) is 4.98 Å². The zero-order valence-electron chi connectivity index (χ0n) is 6.62. The molecule has 0 radical (unpaired) electrons. The van der Waals surface area contributed by atoms with Crippen molar-refractivity contribution in [2.24, 2.45) is 0 Å². The van der Waals surface area contributed by atoms with Crippen molar-refractivity contribution in [1.29, 1.82) is 5.26 Å². The standard InChI is InChI=1S/C9H5BrN2O/c10-4-6-2-1-3-7-9(6)13-8(5-11)12-7/h1-3H,4H2. The first-order valence-electron chi connectivity index (χ1n) is 3.69. The minimum absolute atomic E-state index is 0.114. The van der Waals surface area contributed by atoms with Gasteiger partial charge in [0.25, 0.3) is 0 Å². The highest BCUT2D eigenvalue weighted by atomic mass is 79.9. The average molecular weight is 237 g/mol. The number of rotatable bonds is 1. The van der Waals surface area contributed by atoms with E-state index >= 15 is 0 Å². The Bertz CT molecular complexity index is 484. The molecule has 64 valence electrons. The molecule has 0 aliphatic rings. The minimum atomic E-state index is 0.114. The van der Waals surface area contributed by atoms with Crippen molar-refractivity contribution in [2.45, 2.75) is 5.33 Å². The Morgan fingerprint density at radius 3 is 3.08 bits per heavy atom. The van der Waals surface area contributed by atoms with Gasteiger partial charge >= 0.3 is 5.89 Å². The van der Waals surface area contributed by atoms with Gasteiger partial charge in [0.1, 0.15) is 5.52 Å². The van der Waals surface area contributed by atoms with Gasteiger partial charge in [0, 0.05) is 10.9 Å². The fourth-order valence-electron chi connectivity index (χ4n) is 1.16. The lowest BCUT2D eigenvalue weighted by molar-refractivity contribution is 0.582. The van der Waals surface area contributed by atoms with Crippen molar-refractivity contribution in [1.82, 2.24) is 4.98 Å². The SMILES string of the molecule is N#Cc1nc2cccc(CBr)c2o1. The molecule has 0 bridgehead atoms. The maximum absolute atomic E-state index is 8.58. The van der Waals surface area contributed by atoms with Gasteiger partial charge in [0.15, 0.2) is 11.7 Å². The van der Waals surface area contributed by atoms with Crippen LogP contribution in [0.3, 0.4) is 0 Å². The molecule has 0 fully saturated rings. The number of nitrogens with zero attached hydrogens (tertiary/aromatic N) is 2. The highest BCUT2D eigenvalue weighted by molar-refractivity contribution is 9.08. The lowest BCUT2D eigenvalue weighted by atomic mass is 10.2. The van der Waals surface area contributed by atoms with E-state index in [4.69, 9.17) is 9.68 Å². The van der Waals surface area contributed by atoms with Crippen molar-refractivity contribution in [3.05, 3.63) is 29.7 Å². The van der Waals surface area contributed by atoms with Gasteiger partial charge in [-0.1, -0.05) is 28.1 Å². The molecule has 0 saturated carbocycles. The molecule has 0 N–H and O–H groups in total. The third-order valence-corrected chi connectivity index (χ3v) is 2.34. The third kappa shape index (κ3) is 1.31. The van der Waals surface area contributed by atoms with E-state index in [1.165, 1.54) is 0 Å². The van der Waals surface area contributed by atoms with E-state index in [0.29, 0.717) is 10.9 Å². The van der Waals surface area contributed by atoms with Crippen LogP contribution in [-0.2, 0) is 5.33 Å². The molecule has 4 heteroatoms. The van der Waals surface area contributed by atoms with Gasteiger partial charge in [-0.2, -0.15) is 10.2 Å². The average Bonchev–Trinajstić information content (AvgIpc) is 2.59. The zero-order valence-corrected chi connectivity index (χ0v) is 8.21. The molecule has 1 aromatic heterocycles. The topological polar surface area (TPSA) is 49.8 Å². The van der Waals surface area contributed by atoms with Gasteiger partial charge in [-0.05, 0) is 6.07 Å². The molecule has 3 nitrogen and oxygen atoms in total. The van der Waals surface area contributed by atoms with Gasteiger partial charge in [-0.25, -0.2) is 0 Å². The van der Waals surface area contributed by atoms with Gasteiger partial charge in [-0.3, -0.25) is 0 Å². The number of benzene rings is 1. The second-order valence-corrected chi connectivity index (χ2v) is 3.09. The maximum Gasteiger partial charge on any atom is 0.301 e. The molecule has 0 spiro atoms. The summed E-state index contributed by atoms with van der Waals surface area (Å²) in [6.07, 6.45) is 0. The molecular weight excluding hydrogens is 232 g/mol. The summed E-state index contributed by atoms with van der Waals surface area (Å²) in [5, 5.41) is 9.28. The summed E-state index contributed by atoms with van der Waals surface area (Å²) in [4.78, 5) is 3.99. The number of aromatic nitrogens is 1. The van der Waals surface area contributed by atoms with E-state index in [9.17, 15) is 0 Å². The number of hydrogen-bond acceptors (Lipinski definition) is 3. The second-order valence-electron chi connectivity index (χ2n) is 2.53. The maximum atomic E-state index is 8.58. The first-order chi connectivity index (χ1) is 6.35. The molecule has 0 aliphatic carbocycles. The predicted octanol–water partition coefficient (Wildman–Crippen LogP) is 2.59. The molecule has 2 rings (SSSR count). The van der Waals surface area contributed by atoms with Crippen LogP contribution in [0.15, 0.2) is 22.6 Å². The number of alkyl halides is 1. The van der Waals surface area contributed by atoms with Crippen LogP contribution in [0, 0.1) is 11.3 Å². The highest BCUT2D eigenvalue weighted by Gasteiger charge is 2.07. The van der Waals surface area contributed by atoms with Gasteiger partial charge in [0.2, 0.25) is 0 Å². The number of oxazole rings is 1. The van der Waals surface area contributed by atoms with E-state index in [0.717, 1.165) is 11.1 Å². The quantitative estimate of drug-likeness (QED) is 0.716. The summed E-state index contributed by atoms with van der Waals surface area (Å²) in [6.45, 7) is 0. The highest BCUT2D eigenvalue weighted by Crippen LogP contribution is 2.21. The normalized spacial score (nSPS) is 10.2. The molecule has 0 atom stereocenters. The monoisotopic (exact) mass is 236 g/mol. The third-order valence-electron chi connectivity index (χ3n) is 1.74. The van der Waals surface area contributed by atoms with Crippen LogP contribution in [0.2, 0.25) is 0 Å². The summed E-state index contributed by atoms with van der Waals surface area (Å²) in [5.41, 5.74) is 2.43. The Morgan fingerprint density at radius 1 is 1.54 bits per heavy atom. The van der Waals surface area contributed by atoms with E-state index < -0.39 is 0 Å². The summed E-state index contributed by atoms with van der Waals surface area (Å²) in [5.74, 6) is 0.114. The molecule has 0 aliphatic heterocycles. The number of halogens is 1. The van der Waals surface area contributed by atoms with Gasteiger partial charge in [0.05, 0.1) is 0 Å². The fourth-order valence-corrected chi connectivity index (χ4v) is 1.60. The number of para-hydroxylation sites is 1. The Morgan fingerprint density at radius 2 is 2.38 bits per heavy atom. The summed E-state index contributed by atoms with van der Waals surface area (Å²) in [6, 6.07) is 7.53. The van der Waals surface area contributed by atoms with E-state index in [-0.39, 0.29) is 5.89 Å². The first-order valence-corrected chi connectivity index (χ1v) is 4.82. The van der Waals surface area contributed by atoms with Crippen molar-refractivity contribution in [2.75, 3.05) is 0 Å². The van der Waals surface area contributed by atoms with E-state index in [1.54, 1.807) is 0 Å². The summed E-state index contributed by atoms with van der Waals surface area (Å²) in [7, 11) is 0. The fraction of sp³-hybridized carbons (Fsp3) is 0.111. The molecule has 1 aromatic carbocycles. The molecule has 2 aromatic rings. The van der Waals surface area contributed by atoms with Crippen LogP contribution in [0.5, 0.6) is 0 Å². The molecule has 0 amide bonds.